The Morgan fingerprint density at radius 3 is 1.10 bits per heavy atom. The summed E-state index contributed by atoms with van der Waals surface area (Å²) in [5.41, 5.74) is 2.67. The molecule has 5 aromatic heterocycles. The Balaban J connectivity index is 1.07. The lowest BCUT2D eigenvalue weighted by Crippen LogP contribution is -2.60. The zero-order chi connectivity index (χ0) is 92.9. The van der Waals surface area contributed by atoms with Crippen molar-refractivity contribution in [2.24, 2.45) is 0 Å². The van der Waals surface area contributed by atoms with Crippen LogP contribution in [0.4, 0.5) is 0 Å². The van der Waals surface area contributed by atoms with Crippen LogP contribution in [0.1, 0.15) is 56.5 Å². The first kappa shape index (κ1) is 44.9. The molecule has 0 saturated carbocycles. The van der Waals surface area contributed by atoms with Crippen LogP contribution in [0.15, 0.2) is 370 Å². The molecule has 0 saturated heterocycles. The fraction of sp³-hybridized carbons (Fsp3) is 0.0377. The van der Waals surface area contributed by atoms with E-state index in [0.717, 1.165) is 27.5 Å². The number of hydrogen-bond acceptors (Lipinski definition) is 0. The lowest BCUT2D eigenvalue weighted by atomic mass is 9.34. The highest BCUT2D eigenvalue weighted by molar-refractivity contribution is 7.00. The molecule has 0 bridgehead atoms. The molecule has 7 heterocycles. The van der Waals surface area contributed by atoms with Gasteiger partial charge in [-0.2, -0.15) is 0 Å². The summed E-state index contributed by atoms with van der Waals surface area (Å²) in [4.78, 5) is 0. The highest BCUT2D eigenvalue weighted by atomic mass is 15.1. The first-order valence-corrected chi connectivity index (χ1v) is 37.4. The van der Waals surface area contributed by atoms with E-state index < -0.39 is 133 Å². The highest BCUT2D eigenvalue weighted by Gasteiger charge is 2.42. The molecular weight excluding hydrogens is 1350 g/mol. The molecule has 0 unspecified atom stereocenters. The number of fused-ring (bicyclic) bond motifs is 27. The van der Waals surface area contributed by atoms with Gasteiger partial charge < -0.3 is 22.8 Å². The van der Waals surface area contributed by atoms with Crippen LogP contribution in [0.5, 0.6) is 0 Å². The van der Waals surface area contributed by atoms with E-state index in [1.165, 1.54) is 9.13 Å². The average molecular weight is 1450 g/mol. The molecule has 0 fully saturated rings. The number of nitrogens with zero attached hydrogens (tertiary/aromatic N) is 5. The topological polar surface area (TPSA) is 24.6 Å². The van der Waals surface area contributed by atoms with Gasteiger partial charge in [0.15, 0.2) is 0 Å². The standard InChI is InChI=1S/C106H70BN5/c1-106(2,3)67-63-97-101-98(64-67)112-103-70(66-56-57-82-81-44-18-23-51-89(81)108(96(82)62-66)68-32-8-5-9-33-68)48-29-50-86(103)76-39-13-11-35-72(76)74-37-15-17-46-84(74)100-95(110-92-54-26-21-42-79(92)80-43-22-27-55-93(80)110)61-59-88(105(100)112)107(101)87-58-60-94(109-90-52-24-19-40-77(90)78-41-20-25-53-91(78)109)99-83-45-16-14-36-73(83)71-34-10-12-38-75(71)85-49-28-47-69(65-30-6-4-7-31-65)102(85)111(97)104(87)99/h4-64H,1-3H3/i19D,20D,21D,22D,24D,25D,26D,27D,40D,41D,42D,43D,52D,53D,54D,55D,58D,59D,60D,61D,63D,64D. The minimum atomic E-state index is -1.76. The summed E-state index contributed by atoms with van der Waals surface area (Å²) in [5.74, 6) is 0. The Bertz CT molecular complexity index is 9320. The Morgan fingerprint density at radius 2 is 0.634 bits per heavy atom. The summed E-state index contributed by atoms with van der Waals surface area (Å²) in [6, 6.07) is 61.7. The van der Waals surface area contributed by atoms with Crippen molar-refractivity contribution >= 4 is 175 Å². The largest absolute Gasteiger partial charge is 0.309 e. The third-order valence-corrected chi connectivity index (χ3v) is 23.1. The van der Waals surface area contributed by atoms with Crippen LogP contribution in [0, 0.1) is 0 Å². The van der Waals surface area contributed by atoms with Crippen molar-refractivity contribution < 1.29 is 30.2 Å². The average Bonchev–Trinajstić information content (AvgIpc) is 1.09. The summed E-state index contributed by atoms with van der Waals surface area (Å²) in [6.07, 6.45) is 0. The molecular formula is C106H70BN5. The molecule has 0 amide bonds. The molecule has 24 rings (SSSR count). The van der Waals surface area contributed by atoms with Gasteiger partial charge in [-0.25, -0.2) is 0 Å². The monoisotopic (exact) mass is 1450 g/mol. The van der Waals surface area contributed by atoms with Crippen molar-refractivity contribution in [3.8, 4) is 50.7 Å². The molecule has 522 valence electrons. The fourth-order valence-electron chi connectivity index (χ4n) is 18.5. The van der Waals surface area contributed by atoms with Gasteiger partial charge in [-0.15, -0.1) is 0 Å². The van der Waals surface area contributed by atoms with Gasteiger partial charge in [0, 0.05) is 82.1 Å². The quantitative estimate of drug-likeness (QED) is 0.153. The summed E-state index contributed by atoms with van der Waals surface area (Å²) in [7, 11) is 0. The molecule has 2 aliphatic rings. The molecule has 0 aliphatic carbocycles. The van der Waals surface area contributed by atoms with Crippen molar-refractivity contribution in [3.63, 3.8) is 0 Å². The maximum absolute atomic E-state index is 12.1. The van der Waals surface area contributed by atoms with E-state index in [1.807, 2.05) is 230 Å². The third-order valence-electron chi connectivity index (χ3n) is 23.1. The van der Waals surface area contributed by atoms with Gasteiger partial charge in [0.1, 0.15) is 0 Å². The number of hydrogen-bond donors (Lipinski definition) is 0. The summed E-state index contributed by atoms with van der Waals surface area (Å²) >= 11 is 0. The SMILES string of the molecule is [2H]c1c2c3c(c([2H])c1C(C)(C)C)-n1c4c(-c5ccc6c7ccccc7n(-c7ccccc7)c6c5)cccc4c4ccccc4c4ccccc4c4c(-n5c6c([2H])c([2H])c([2H])c([2H])c6c6c([2H])c([2H])c([2H])c([2H])c65)c([2H])c([2H])c(c41)B3c1c([2H])c([2H])c(-n3c4c([2H])c([2H])c([2H])c([2H])c4c4c([2H])c([2H])c([2H])c([2H])c43)c3c4ccccc4c4ccccc4c4cccc(-c5ccccc5)c4n-2c13. The van der Waals surface area contributed by atoms with Gasteiger partial charge in [-0.3, -0.25) is 0 Å². The van der Waals surface area contributed by atoms with E-state index in [2.05, 4.69) is 28.8 Å². The molecule has 0 radical (unpaired) electrons. The Hall–Kier alpha value is -14.2. The van der Waals surface area contributed by atoms with E-state index in [0.29, 0.717) is 87.1 Å². The Kier molecular flexibility index (Phi) is 9.49. The van der Waals surface area contributed by atoms with Crippen LogP contribution < -0.4 is 16.4 Å². The lowest BCUT2D eigenvalue weighted by Gasteiger charge is -2.38. The molecule has 17 aromatic carbocycles. The minimum absolute atomic E-state index is 0.0217. The van der Waals surface area contributed by atoms with Crippen LogP contribution in [0.3, 0.4) is 0 Å². The molecule has 2 aliphatic heterocycles. The zero-order valence-electron chi connectivity index (χ0n) is 82.3. The van der Waals surface area contributed by atoms with Crippen LogP contribution in [0.2, 0.25) is 0 Å². The summed E-state index contributed by atoms with van der Waals surface area (Å²) in [5, 5.41) is 5.86. The van der Waals surface area contributed by atoms with Crippen LogP contribution in [-0.4, -0.2) is 29.5 Å². The van der Waals surface area contributed by atoms with Crippen molar-refractivity contribution in [1.29, 1.82) is 0 Å². The molecule has 5 nitrogen and oxygen atoms in total. The van der Waals surface area contributed by atoms with Crippen LogP contribution in [-0.2, 0) is 5.41 Å². The van der Waals surface area contributed by atoms with Gasteiger partial charge >= 0.3 is 0 Å². The second-order valence-electron chi connectivity index (χ2n) is 30.0. The normalized spacial score (nSPS) is 15.3. The number of para-hydroxylation sites is 8. The van der Waals surface area contributed by atoms with E-state index in [4.69, 9.17) is 0 Å². The van der Waals surface area contributed by atoms with Crippen LogP contribution in [0.25, 0.3) is 203 Å². The minimum Gasteiger partial charge on any atom is -0.309 e. The van der Waals surface area contributed by atoms with Gasteiger partial charge in [0.25, 0.3) is 6.71 Å². The molecule has 0 spiro atoms. The van der Waals surface area contributed by atoms with Gasteiger partial charge in [0.2, 0.25) is 0 Å². The van der Waals surface area contributed by atoms with E-state index in [-0.39, 0.29) is 122 Å². The second-order valence-corrected chi connectivity index (χ2v) is 30.0. The van der Waals surface area contributed by atoms with Crippen molar-refractivity contribution in [2.75, 3.05) is 0 Å². The molecule has 0 atom stereocenters. The maximum atomic E-state index is 12.1. The van der Waals surface area contributed by atoms with E-state index >= 15 is 0 Å². The third kappa shape index (κ3) is 8.74. The molecule has 112 heavy (non-hydrogen) atoms. The Morgan fingerprint density at radius 1 is 0.259 bits per heavy atom. The highest BCUT2D eigenvalue weighted by Crippen LogP contribution is 2.49. The van der Waals surface area contributed by atoms with Gasteiger partial charge in [-0.05, 0) is 154 Å². The number of aromatic nitrogens is 5. The van der Waals surface area contributed by atoms with Crippen LogP contribution >= 0.6 is 0 Å². The zero-order valence-corrected chi connectivity index (χ0v) is 60.3. The van der Waals surface area contributed by atoms with Crippen molar-refractivity contribution in [1.82, 2.24) is 22.8 Å². The molecule has 6 heteroatoms. The predicted octanol–water partition coefficient (Wildman–Crippen LogP) is 25.8. The molecule has 22 aromatic rings. The van der Waals surface area contributed by atoms with Crippen molar-refractivity contribution in [2.45, 2.75) is 26.2 Å². The van der Waals surface area contributed by atoms with E-state index in [1.54, 1.807) is 12.1 Å². The Labute approximate surface area is 677 Å². The van der Waals surface area contributed by atoms with Gasteiger partial charge in [-0.1, -0.05) is 318 Å². The predicted molar refractivity (Wildman–Crippen MR) is 478 cm³/mol. The van der Waals surface area contributed by atoms with Crippen molar-refractivity contribution in [3.05, 3.63) is 375 Å². The number of rotatable bonds is 5. The molecule has 0 N–H and O–H groups in total. The van der Waals surface area contributed by atoms with Gasteiger partial charge in [0.05, 0.1) is 96.7 Å². The summed E-state index contributed by atoms with van der Waals surface area (Å²) < 4.78 is 237. The fourth-order valence-corrected chi connectivity index (χ4v) is 18.5. The smallest absolute Gasteiger partial charge is 0.252 e. The maximum Gasteiger partial charge on any atom is 0.252 e. The second kappa shape index (κ2) is 23.7. The summed E-state index contributed by atoms with van der Waals surface area (Å²) in [6.45, 7) is 3.97. The lowest BCUT2D eigenvalue weighted by molar-refractivity contribution is 0.589. The first-order chi connectivity index (χ1) is 64.5. The number of benzene rings is 17. The van der Waals surface area contributed by atoms with E-state index in [9.17, 15) is 30.2 Å². The first-order valence-electron chi connectivity index (χ1n) is 48.4.